The summed E-state index contributed by atoms with van der Waals surface area (Å²) in [5.74, 6) is 0. The van der Waals surface area contributed by atoms with E-state index in [9.17, 15) is 5.26 Å². The molecular formula is C15H10Cl2N2O. The predicted molar refractivity (Wildman–Crippen MR) is 80.9 cm³/mol. The third-order valence-electron chi connectivity index (χ3n) is 2.91. The Morgan fingerprint density at radius 3 is 2.40 bits per heavy atom. The van der Waals surface area contributed by atoms with Gasteiger partial charge in [-0.3, -0.25) is 0 Å². The van der Waals surface area contributed by atoms with Gasteiger partial charge < -0.3 is 5.21 Å². The first-order chi connectivity index (χ1) is 9.56. The van der Waals surface area contributed by atoms with Crippen LogP contribution in [0, 0.1) is 11.3 Å². The lowest BCUT2D eigenvalue weighted by Gasteiger charge is -2.13. The summed E-state index contributed by atoms with van der Waals surface area (Å²) in [6.45, 7) is 1.78. The molecule has 0 heterocycles. The molecule has 2 rings (SSSR count). The van der Waals surface area contributed by atoms with Crippen LogP contribution in [0.3, 0.4) is 0 Å². The van der Waals surface area contributed by atoms with Crippen molar-refractivity contribution in [1.82, 2.24) is 0 Å². The van der Waals surface area contributed by atoms with E-state index in [1.54, 1.807) is 37.3 Å². The Hall–Kier alpha value is -2.02. The van der Waals surface area contributed by atoms with Crippen molar-refractivity contribution in [3.63, 3.8) is 0 Å². The molecule has 0 unspecified atom stereocenters. The number of nitriles is 1. The van der Waals surface area contributed by atoms with E-state index in [4.69, 9.17) is 28.4 Å². The molecule has 20 heavy (non-hydrogen) atoms. The number of hydrogen-bond acceptors (Lipinski definition) is 3. The Morgan fingerprint density at radius 1 is 1.20 bits per heavy atom. The molecule has 1 aromatic rings. The van der Waals surface area contributed by atoms with E-state index in [1.165, 1.54) is 6.08 Å². The average Bonchev–Trinajstić information content (AvgIpc) is 2.45. The van der Waals surface area contributed by atoms with Gasteiger partial charge in [0, 0.05) is 10.6 Å². The van der Waals surface area contributed by atoms with E-state index in [2.05, 4.69) is 11.2 Å². The minimum absolute atomic E-state index is 0.356. The molecule has 0 saturated heterocycles. The van der Waals surface area contributed by atoms with Crippen LogP contribution in [0.1, 0.15) is 12.5 Å². The molecule has 0 aliphatic heterocycles. The fourth-order valence-corrected chi connectivity index (χ4v) is 2.25. The number of benzene rings is 1. The number of halogens is 2. The highest BCUT2D eigenvalue weighted by Crippen LogP contribution is 2.31. The Balaban J connectivity index is 2.61. The predicted octanol–water partition coefficient (Wildman–Crippen LogP) is 4.53. The number of nitrogens with zero attached hydrogens (tertiary/aromatic N) is 2. The normalized spacial score (nSPS) is 19.2. The Bertz CT molecular complexity index is 704. The van der Waals surface area contributed by atoms with Crippen LogP contribution in [0.4, 0.5) is 0 Å². The summed E-state index contributed by atoms with van der Waals surface area (Å²) in [7, 11) is 0. The summed E-state index contributed by atoms with van der Waals surface area (Å²) in [5, 5.41) is 22.4. The van der Waals surface area contributed by atoms with Gasteiger partial charge in [0.25, 0.3) is 0 Å². The van der Waals surface area contributed by atoms with Crippen molar-refractivity contribution in [3.05, 3.63) is 63.2 Å². The van der Waals surface area contributed by atoms with E-state index < -0.39 is 0 Å². The van der Waals surface area contributed by atoms with Crippen LogP contribution in [0.25, 0.3) is 5.57 Å². The molecule has 0 aromatic heterocycles. The second kappa shape index (κ2) is 5.96. The monoisotopic (exact) mass is 304 g/mol. The van der Waals surface area contributed by atoms with Crippen LogP contribution in [0.15, 0.2) is 57.8 Å². The molecule has 1 aliphatic rings. The molecule has 5 heteroatoms. The maximum Gasteiger partial charge on any atom is 0.107 e. The maximum absolute atomic E-state index is 9.39. The van der Waals surface area contributed by atoms with Crippen molar-refractivity contribution in [2.75, 3.05) is 0 Å². The second-order valence-corrected chi connectivity index (χ2v) is 5.06. The molecule has 0 fully saturated rings. The van der Waals surface area contributed by atoms with Crippen molar-refractivity contribution >= 4 is 34.5 Å². The van der Waals surface area contributed by atoms with E-state index >= 15 is 0 Å². The minimum atomic E-state index is 0.356. The van der Waals surface area contributed by atoms with Crippen LogP contribution in [-0.4, -0.2) is 10.9 Å². The molecule has 3 nitrogen and oxygen atoms in total. The van der Waals surface area contributed by atoms with Crippen molar-refractivity contribution in [3.8, 4) is 6.07 Å². The second-order valence-electron chi connectivity index (χ2n) is 4.21. The number of allylic oxidation sites excluding steroid dienone is 6. The Morgan fingerprint density at radius 2 is 1.85 bits per heavy atom. The SMILES string of the molecule is CC1=CC(=C(/C#N)c2ccc(Cl)cc2)/C(Cl)=CC/1=N\O. The van der Waals surface area contributed by atoms with Gasteiger partial charge in [0.1, 0.15) is 11.8 Å². The lowest BCUT2D eigenvalue weighted by molar-refractivity contribution is 0.319. The lowest BCUT2D eigenvalue weighted by Crippen LogP contribution is -2.04. The van der Waals surface area contributed by atoms with Crippen LogP contribution >= 0.6 is 23.2 Å². The first-order valence-corrected chi connectivity index (χ1v) is 6.51. The van der Waals surface area contributed by atoms with Gasteiger partial charge in [0.05, 0.1) is 10.6 Å². The quantitative estimate of drug-likeness (QED) is 0.471. The molecule has 0 atom stereocenters. The molecular weight excluding hydrogens is 295 g/mol. The summed E-state index contributed by atoms with van der Waals surface area (Å²) in [4.78, 5) is 0. The number of rotatable bonds is 1. The van der Waals surface area contributed by atoms with Gasteiger partial charge in [-0.1, -0.05) is 40.5 Å². The maximum atomic E-state index is 9.39. The summed E-state index contributed by atoms with van der Waals surface area (Å²) in [6.07, 6.45) is 3.25. The molecule has 1 aliphatic carbocycles. The van der Waals surface area contributed by atoms with Crippen molar-refractivity contribution in [2.24, 2.45) is 5.16 Å². The highest BCUT2D eigenvalue weighted by Gasteiger charge is 2.17. The zero-order chi connectivity index (χ0) is 14.7. The molecule has 0 amide bonds. The standard InChI is InChI=1S/C15H10Cl2N2O/c1-9-6-12(14(17)7-15(9)19-20)13(8-18)10-2-4-11(16)5-3-10/h2-7,20H,1H3/b13-12+,19-15+. The van der Waals surface area contributed by atoms with Crippen LogP contribution in [0.5, 0.6) is 0 Å². The fraction of sp³-hybridized carbons (Fsp3) is 0.0667. The van der Waals surface area contributed by atoms with E-state index in [1.807, 2.05) is 0 Å². The van der Waals surface area contributed by atoms with Crippen molar-refractivity contribution in [2.45, 2.75) is 6.92 Å². The summed E-state index contributed by atoms with van der Waals surface area (Å²) in [6, 6.07) is 9.11. The zero-order valence-electron chi connectivity index (χ0n) is 10.6. The Kier molecular flexibility index (Phi) is 4.29. The smallest absolute Gasteiger partial charge is 0.107 e. The van der Waals surface area contributed by atoms with E-state index in [0.717, 1.165) is 11.1 Å². The summed E-state index contributed by atoms with van der Waals surface area (Å²) >= 11 is 12.0. The summed E-state index contributed by atoms with van der Waals surface area (Å²) in [5.41, 5.74) is 2.88. The van der Waals surface area contributed by atoms with Gasteiger partial charge in [-0.05, 0) is 42.3 Å². The van der Waals surface area contributed by atoms with Crippen molar-refractivity contribution in [1.29, 1.82) is 5.26 Å². The first kappa shape index (κ1) is 14.4. The molecule has 0 spiro atoms. The van der Waals surface area contributed by atoms with Gasteiger partial charge in [-0.25, -0.2) is 0 Å². The molecule has 0 saturated carbocycles. The van der Waals surface area contributed by atoms with E-state index in [-0.39, 0.29) is 0 Å². The zero-order valence-corrected chi connectivity index (χ0v) is 12.1. The van der Waals surface area contributed by atoms with E-state index in [0.29, 0.717) is 26.9 Å². The third kappa shape index (κ3) is 2.77. The first-order valence-electron chi connectivity index (χ1n) is 5.75. The topological polar surface area (TPSA) is 56.4 Å². The van der Waals surface area contributed by atoms with Crippen LogP contribution in [0.2, 0.25) is 5.02 Å². The fourth-order valence-electron chi connectivity index (χ4n) is 1.87. The number of hydrogen-bond donors (Lipinski definition) is 1. The largest absolute Gasteiger partial charge is 0.410 e. The highest BCUT2D eigenvalue weighted by molar-refractivity contribution is 6.36. The van der Waals surface area contributed by atoms with Crippen LogP contribution < -0.4 is 0 Å². The highest BCUT2D eigenvalue weighted by atomic mass is 35.5. The number of oxime groups is 1. The molecule has 1 N–H and O–H groups in total. The molecule has 0 radical (unpaired) electrons. The molecule has 0 bridgehead atoms. The molecule has 100 valence electrons. The van der Waals surface area contributed by atoms with Gasteiger partial charge in [0.15, 0.2) is 0 Å². The van der Waals surface area contributed by atoms with Gasteiger partial charge >= 0.3 is 0 Å². The summed E-state index contributed by atoms with van der Waals surface area (Å²) < 4.78 is 0. The lowest BCUT2D eigenvalue weighted by atomic mass is 9.94. The Labute approximate surface area is 126 Å². The molecule has 1 aromatic carbocycles. The average molecular weight is 305 g/mol. The van der Waals surface area contributed by atoms with Crippen LogP contribution in [-0.2, 0) is 0 Å². The van der Waals surface area contributed by atoms with Crippen molar-refractivity contribution < 1.29 is 5.21 Å². The van der Waals surface area contributed by atoms with Gasteiger partial charge in [-0.15, -0.1) is 0 Å². The van der Waals surface area contributed by atoms with Gasteiger partial charge in [-0.2, -0.15) is 5.26 Å². The minimum Gasteiger partial charge on any atom is -0.410 e. The third-order valence-corrected chi connectivity index (χ3v) is 3.47. The van der Waals surface area contributed by atoms with Gasteiger partial charge in [0.2, 0.25) is 0 Å².